The Bertz CT molecular complexity index is 319. The zero-order valence-electron chi connectivity index (χ0n) is 8.66. The van der Waals surface area contributed by atoms with Crippen molar-refractivity contribution < 1.29 is 4.79 Å². The highest BCUT2D eigenvalue weighted by Gasteiger charge is 2.10. The van der Waals surface area contributed by atoms with Gasteiger partial charge in [0.2, 0.25) is 0 Å². The highest BCUT2D eigenvalue weighted by molar-refractivity contribution is 5.98. The molecule has 0 aliphatic carbocycles. The van der Waals surface area contributed by atoms with Crippen molar-refractivity contribution in [1.29, 1.82) is 0 Å². The Labute approximate surface area is 84.5 Å². The average molecular weight is 192 g/mol. The second-order valence-corrected chi connectivity index (χ2v) is 3.05. The average Bonchev–Trinajstić information content (AvgIpc) is 2.20. The quantitative estimate of drug-likeness (QED) is 0.788. The maximum absolute atomic E-state index is 11.2. The lowest BCUT2D eigenvalue weighted by Crippen LogP contribution is -2.25. The summed E-state index contributed by atoms with van der Waals surface area (Å²) in [6.45, 7) is 5.87. The Morgan fingerprint density at radius 2 is 1.86 bits per heavy atom. The first-order valence-corrected chi connectivity index (χ1v) is 4.84. The van der Waals surface area contributed by atoms with Gasteiger partial charge in [-0.15, -0.1) is 0 Å². The molecule has 3 heteroatoms. The number of hydrogen-bond acceptors (Lipinski definition) is 2. The normalized spacial score (nSPS) is 9.86. The molecule has 1 amide bonds. The summed E-state index contributed by atoms with van der Waals surface area (Å²) in [5.74, 6) is -0.368. The van der Waals surface area contributed by atoms with E-state index in [1.165, 1.54) is 0 Å². The molecule has 14 heavy (non-hydrogen) atoms. The molecule has 3 nitrogen and oxygen atoms in total. The molecule has 0 saturated carbocycles. The SMILES string of the molecule is CCN(CC)c1ccccc1C(N)=O. The lowest BCUT2D eigenvalue weighted by molar-refractivity contribution is 0.100. The molecule has 76 valence electrons. The van der Waals surface area contributed by atoms with Gasteiger partial charge in [-0.1, -0.05) is 12.1 Å². The predicted molar refractivity (Wildman–Crippen MR) is 58.5 cm³/mol. The number of rotatable bonds is 4. The van der Waals surface area contributed by atoms with Crippen LogP contribution in [0.4, 0.5) is 5.69 Å². The maximum atomic E-state index is 11.2. The first kappa shape index (κ1) is 10.6. The van der Waals surface area contributed by atoms with Crippen molar-refractivity contribution in [1.82, 2.24) is 0 Å². The number of para-hydroxylation sites is 1. The fraction of sp³-hybridized carbons (Fsp3) is 0.364. The fourth-order valence-electron chi connectivity index (χ4n) is 1.52. The topological polar surface area (TPSA) is 46.3 Å². The monoisotopic (exact) mass is 192 g/mol. The van der Waals surface area contributed by atoms with E-state index in [9.17, 15) is 4.79 Å². The minimum Gasteiger partial charge on any atom is -0.371 e. The van der Waals surface area contributed by atoms with E-state index in [2.05, 4.69) is 18.7 Å². The van der Waals surface area contributed by atoms with Gasteiger partial charge in [0.25, 0.3) is 5.91 Å². The van der Waals surface area contributed by atoms with E-state index in [0.29, 0.717) is 5.56 Å². The fourth-order valence-corrected chi connectivity index (χ4v) is 1.52. The van der Waals surface area contributed by atoms with Crippen LogP contribution >= 0.6 is 0 Å². The van der Waals surface area contributed by atoms with Crippen molar-refractivity contribution in [2.75, 3.05) is 18.0 Å². The third-order valence-electron chi connectivity index (χ3n) is 2.27. The number of primary amides is 1. The molecule has 1 rings (SSSR count). The number of nitrogens with two attached hydrogens (primary N) is 1. The van der Waals surface area contributed by atoms with Crippen LogP contribution in [0.2, 0.25) is 0 Å². The second-order valence-electron chi connectivity index (χ2n) is 3.05. The Morgan fingerprint density at radius 1 is 1.29 bits per heavy atom. The molecule has 0 aliphatic heterocycles. The number of benzene rings is 1. The number of nitrogens with zero attached hydrogens (tertiary/aromatic N) is 1. The van der Waals surface area contributed by atoms with Crippen LogP contribution in [0.15, 0.2) is 24.3 Å². The third kappa shape index (κ3) is 2.05. The summed E-state index contributed by atoms with van der Waals surface area (Å²) >= 11 is 0. The molecule has 0 spiro atoms. The van der Waals surface area contributed by atoms with Crippen molar-refractivity contribution >= 4 is 11.6 Å². The van der Waals surface area contributed by atoms with Crippen LogP contribution in [0, 0.1) is 0 Å². The molecule has 0 aliphatic rings. The molecule has 1 aromatic rings. The van der Waals surface area contributed by atoms with E-state index in [0.717, 1.165) is 18.8 Å². The molecule has 0 unspecified atom stereocenters. The number of carbonyl (C=O) groups is 1. The Morgan fingerprint density at radius 3 is 2.36 bits per heavy atom. The number of carbonyl (C=O) groups excluding carboxylic acids is 1. The minimum absolute atomic E-state index is 0.368. The highest BCUT2D eigenvalue weighted by Crippen LogP contribution is 2.19. The smallest absolute Gasteiger partial charge is 0.250 e. The second kappa shape index (κ2) is 4.65. The maximum Gasteiger partial charge on any atom is 0.250 e. The number of hydrogen-bond donors (Lipinski definition) is 1. The van der Waals surface area contributed by atoms with Gasteiger partial charge < -0.3 is 10.6 Å². The van der Waals surface area contributed by atoms with E-state index in [1.54, 1.807) is 6.07 Å². The van der Waals surface area contributed by atoms with Crippen LogP contribution in [0.1, 0.15) is 24.2 Å². The molecular formula is C11H16N2O. The van der Waals surface area contributed by atoms with Gasteiger partial charge in [0.15, 0.2) is 0 Å². The zero-order valence-corrected chi connectivity index (χ0v) is 8.66. The standard InChI is InChI=1S/C11H16N2O/c1-3-13(4-2)10-8-6-5-7-9(10)11(12)14/h5-8H,3-4H2,1-2H3,(H2,12,14). The molecule has 0 aromatic heterocycles. The molecule has 0 radical (unpaired) electrons. The van der Waals surface area contributed by atoms with Gasteiger partial charge >= 0.3 is 0 Å². The van der Waals surface area contributed by atoms with Gasteiger partial charge in [-0.2, -0.15) is 0 Å². The number of amides is 1. The van der Waals surface area contributed by atoms with Crippen molar-refractivity contribution in [2.24, 2.45) is 5.73 Å². The van der Waals surface area contributed by atoms with Gasteiger partial charge in [0, 0.05) is 18.8 Å². The van der Waals surface area contributed by atoms with E-state index in [1.807, 2.05) is 18.2 Å². The molecule has 0 saturated heterocycles. The Balaban J connectivity index is 3.11. The molecule has 1 aromatic carbocycles. The lowest BCUT2D eigenvalue weighted by Gasteiger charge is -2.22. The molecular weight excluding hydrogens is 176 g/mol. The molecule has 2 N–H and O–H groups in total. The summed E-state index contributed by atoms with van der Waals surface area (Å²) in [5, 5.41) is 0. The Kier molecular flexibility index (Phi) is 3.51. The Hall–Kier alpha value is -1.51. The van der Waals surface area contributed by atoms with Crippen LogP contribution in [-0.2, 0) is 0 Å². The first-order valence-electron chi connectivity index (χ1n) is 4.84. The van der Waals surface area contributed by atoms with Crippen molar-refractivity contribution in [2.45, 2.75) is 13.8 Å². The summed E-state index contributed by atoms with van der Waals surface area (Å²) in [5.41, 5.74) is 6.81. The van der Waals surface area contributed by atoms with Crippen LogP contribution < -0.4 is 10.6 Å². The largest absolute Gasteiger partial charge is 0.371 e. The van der Waals surface area contributed by atoms with Crippen molar-refractivity contribution in [3.63, 3.8) is 0 Å². The predicted octanol–water partition coefficient (Wildman–Crippen LogP) is 1.63. The van der Waals surface area contributed by atoms with Gasteiger partial charge in [0.1, 0.15) is 0 Å². The summed E-state index contributed by atoms with van der Waals surface area (Å²) < 4.78 is 0. The first-order chi connectivity index (χ1) is 6.70. The third-order valence-corrected chi connectivity index (χ3v) is 2.27. The highest BCUT2D eigenvalue weighted by atomic mass is 16.1. The van der Waals surface area contributed by atoms with E-state index in [4.69, 9.17) is 5.73 Å². The lowest BCUT2D eigenvalue weighted by atomic mass is 10.1. The molecule has 0 fully saturated rings. The van der Waals surface area contributed by atoms with Crippen LogP contribution in [0.25, 0.3) is 0 Å². The van der Waals surface area contributed by atoms with Crippen LogP contribution in [-0.4, -0.2) is 19.0 Å². The summed E-state index contributed by atoms with van der Waals surface area (Å²) in [6.07, 6.45) is 0. The minimum atomic E-state index is -0.368. The molecule has 0 bridgehead atoms. The van der Waals surface area contributed by atoms with Crippen molar-refractivity contribution in [3.05, 3.63) is 29.8 Å². The van der Waals surface area contributed by atoms with E-state index < -0.39 is 0 Å². The van der Waals surface area contributed by atoms with Gasteiger partial charge in [-0.3, -0.25) is 4.79 Å². The van der Waals surface area contributed by atoms with Gasteiger partial charge in [-0.25, -0.2) is 0 Å². The summed E-state index contributed by atoms with van der Waals surface area (Å²) in [6, 6.07) is 7.43. The van der Waals surface area contributed by atoms with Crippen LogP contribution in [0.3, 0.4) is 0 Å². The van der Waals surface area contributed by atoms with Gasteiger partial charge in [0.05, 0.1) is 5.56 Å². The summed E-state index contributed by atoms with van der Waals surface area (Å²) in [7, 11) is 0. The number of anilines is 1. The van der Waals surface area contributed by atoms with Gasteiger partial charge in [-0.05, 0) is 26.0 Å². The molecule has 0 heterocycles. The van der Waals surface area contributed by atoms with E-state index >= 15 is 0 Å². The van der Waals surface area contributed by atoms with E-state index in [-0.39, 0.29) is 5.91 Å². The van der Waals surface area contributed by atoms with Crippen molar-refractivity contribution in [3.8, 4) is 0 Å². The summed E-state index contributed by atoms with van der Waals surface area (Å²) in [4.78, 5) is 13.3. The zero-order chi connectivity index (χ0) is 10.6. The van der Waals surface area contributed by atoms with Crippen LogP contribution in [0.5, 0.6) is 0 Å². The molecule has 0 atom stereocenters.